The van der Waals surface area contributed by atoms with Gasteiger partial charge in [0.2, 0.25) is 0 Å². The molecule has 0 saturated carbocycles. The van der Waals surface area contributed by atoms with Crippen LogP contribution in [0.4, 0.5) is 4.39 Å². The van der Waals surface area contributed by atoms with E-state index in [-0.39, 0.29) is 11.7 Å². The summed E-state index contributed by atoms with van der Waals surface area (Å²) in [5.41, 5.74) is 2.60. The maximum absolute atomic E-state index is 13.4. The number of amides is 1. The van der Waals surface area contributed by atoms with Crippen LogP contribution in [0.25, 0.3) is 11.3 Å². The Kier molecular flexibility index (Phi) is 6.79. The number of halogens is 1. The zero-order chi connectivity index (χ0) is 20.6. The fourth-order valence-electron chi connectivity index (χ4n) is 2.84. The molecule has 2 aromatic carbocycles. The molecule has 3 rings (SSSR count). The summed E-state index contributed by atoms with van der Waals surface area (Å²) in [6.45, 7) is 5.24. The molecule has 29 heavy (non-hydrogen) atoms. The van der Waals surface area contributed by atoms with Crippen LogP contribution in [0.3, 0.4) is 0 Å². The molecule has 150 valence electrons. The third kappa shape index (κ3) is 5.31. The van der Waals surface area contributed by atoms with Crippen molar-refractivity contribution in [2.24, 2.45) is 0 Å². The Hall–Kier alpha value is -3.41. The lowest BCUT2D eigenvalue weighted by atomic mass is 10.1. The molecule has 0 atom stereocenters. The van der Waals surface area contributed by atoms with Crippen molar-refractivity contribution in [3.05, 3.63) is 77.7 Å². The second-order valence-electron chi connectivity index (χ2n) is 6.27. The van der Waals surface area contributed by atoms with Gasteiger partial charge in [-0.2, -0.15) is 0 Å². The Morgan fingerprint density at radius 2 is 1.79 bits per heavy atom. The zero-order valence-corrected chi connectivity index (χ0v) is 16.4. The maximum atomic E-state index is 13.4. The minimum atomic E-state index is -0.326. The van der Waals surface area contributed by atoms with Crippen molar-refractivity contribution in [1.82, 2.24) is 10.3 Å². The van der Waals surface area contributed by atoms with E-state index in [2.05, 4.69) is 10.3 Å². The summed E-state index contributed by atoms with van der Waals surface area (Å²) in [7, 11) is 0. The topological polar surface area (TPSA) is 60.5 Å². The van der Waals surface area contributed by atoms with E-state index in [1.54, 1.807) is 24.3 Å². The minimum Gasteiger partial charge on any atom is -0.490 e. The highest BCUT2D eigenvalue weighted by Crippen LogP contribution is 2.28. The van der Waals surface area contributed by atoms with Crippen molar-refractivity contribution in [3.63, 3.8) is 0 Å². The maximum Gasteiger partial charge on any atom is 0.253 e. The summed E-state index contributed by atoms with van der Waals surface area (Å²) in [6, 6.07) is 15.1. The molecule has 0 spiro atoms. The first kappa shape index (κ1) is 20.3. The van der Waals surface area contributed by atoms with Crippen molar-refractivity contribution in [2.75, 3.05) is 13.2 Å². The van der Waals surface area contributed by atoms with Gasteiger partial charge < -0.3 is 14.8 Å². The van der Waals surface area contributed by atoms with E-state index in [4.69, 9.17) is 9.47 Å². The van der Waals surface area contributed by atoms with Gasteiger partial charge in [-0.05, 0) is 55.8 Å². The van der Waals surface area contributed by atoms with Crippen LogP contribution in [-0.4, -0.2) is 24.1 Å². The molecule has 0 saturated heterocycles. The number of aromatic nitrogens is 1. The highest BCUT2D eigenvalue weighted by molar-refractivity contribution is 5.94. The molecular formula is C23H23FN2O3. The Labute approximate surface area is 169 Å². The molecule has 1 heterocycles. The lowest BCUT2D eigenvalue weighted by Gasteiger charge is -2.13. The third-order valence-corrected chi connectivity index (χ3v) is 4.21. The average molecular weight is 394 g/mol. The average Bonchev–Trinajstić information content (AvgIpc) is 2.74. The number of hydrogen-bond donors (Lipinski definition) is 1. The van der Waals surface area contributed by atoms with Crippen LogP contribution in [0, 0.1) is 5.82 Å². The van der Waals surface area contributed by atoms with E-state index in [1.165, 1.54) is 18.3 Å². The zero-order valence-electron chi connectivity index (χ0n) is 16.4. The fraction of sp³-hybridized carbons (Fsp3) is 0.217. The van der Waals surface area contributed by atoms with E-state index >= 15 is 0 Å². The molecule has 0 aliphatic carbocycles. The number of carbonyl (C=O) groups excluding carboxylic acids is 1. The van der Waals surface area contributed by atoms with Gasteiger partial charge in [-0.25, -0.2) is 4.39 Å². The first-order valence-corrected chi connectivity index (χ1v) is 9.49. The smallest absolute Gasteiger partial charge is 0.253 e. The molecule has 0 unspecified atom stereocenters. The first-order chi connectivity index (χ1) is 14.1. The molecule has 0 radical (unpaired) electrons. The molecule has 6 heteroatoms. The van der Waals surface area contributed by atoms with E-state index in [0.717, 1.165) is 5.56 Å². The number of benzene rings is 2. The number of rotatable bonds is 8. The monoisotopic (exact) mass is 394 g/mol. The summed E-state index contributed by atoms with van der Waals surface area (Å²) in [5, 5.41) is 2.87. The van der Waals surface area contributed by atoms with Gasteiger partial charge in [-0.1, -0.05) is 18.2 Å². The SMILES string of the molecule is CCOc1ccc(CNC(=O)c2ccc(-c3cccc(F)c3)nc2)cc1OCC. The van der Waals surface area contributed by atoms with Crippen LogP contribution >= 0.6 is 0 Å². The van der Waals surface area contributed by atoms with E-state index in [0.29, 0.717) is 48.1 Å². The number of pyridine rings is 1. The van der Waals surface area contributed by atoms with Gasteiger partial charge in [0.25, 0.3) is 5.91 Å². The Balaban J connectivity index is 1.65. The predicted molar refractivity (Wildman–Crippen MR) is 110 cm³/mol. The number of hydrogen-bond acceptors (Lipinski definition) is 4. The molecular weight excluding hydrogens is 371 g/mol. The van der Waals surface area contributed by atoms with Crippen LogP contribution in [0.1, 0.15) is 29.8 Å². The summed E-state index contributed by atoms with van der Waals surface area (Å²) in [6.07, 6.45) is 1.49. The van der Waals surface area contributed by atoms with Gasteiger partial charge in [0.15, 0.2) is 11.5 Å². The van der Waals surface area contributed by atoms with Crippen LogP contribution in [0.2, 0.25) is 0 Å². The van der Waals surface area contributed by atoms with Gasteiger partial charge in [0, 0.05) is 18.3 Å². The quantitative estimate of drug-likeness (QED) is 0.606. The summed E-state index contributed by atoms with van der Waals surface area (Å²) in [5.74, 6) is 0.770. The highest BCUT2D eigenvalue weighted by atomic mass is 19.1. The van der Waals surface area contributed by atoms with Crippen LogP contribution in [0.15, 0.2) is 60.8 Å². The summed E-state index contributed by atoms with van der Waals surface area (Å²) >= 11 is 0. The molecule has 1 amide bonds. The Morgan fingerprint density at radius 1 is 1.00 bits per heavy atom. The molecule has 0 aliphatic heterocycles. The van der Waals surface area contributed by atoms with Crippen LogP contribution < -0.4 is 14.8 Å². The Bertz CT molecular complexity index is 974. The standard InChI is InChI=1S/C23H23FN2O3/c1-3-28-21-11-8-16(12-22(21)29-4-2)14-26-23(27)18-9-10-20(25-15-18)17-6-5-7-19(24)13-17/h5-13,15H,3-4,14H2,1-2H3,(H,26,27). The molecule has 5 nitrogen and oxygen atoms in total. The van der Waals surface area contributed by atoms with Gasteiger partial charge in [-0.3, -0.25) is 9.78 Å². The molecule has 0 aliphatic rings. The molecule has 0 fully saturated rings. The van der Waals surface area contributed by atoms with E-state index < -0.39 is 0 Å². The molecule has 3 aromatic rings. The molecule has 1 N–H and O–H groups in total. The lowest BCUT2D eigenvalue weighted by Crippen LogP contribution is -2.23. The summed E-state index contributed by atoms with van der Waals surface area (Å²) in [4.78, 5) is 16.7. The number of nitrogens with one attached hydrogen (secondary N) is 1. The van der Waals surface area contributed by atoms with Gasteiger partial charge in [0.1, 0.15) is 5.82 Å². The van der Waals surface area contributed by atoms with Crippen molar-refractivity contribution in [1.29, 1.82) is 0 Å². The van der Waals surface area contributed by atoms with E-state index in [1.807, 2.05) is 32.0 Å². The largest absolute Gasteiger partial charge is 0.490 e. The highest BCUT2D eigenvalue weighted by Gasteiger charge is 2.10. The fourth-order valence-corrected chi connectivity index (χ4v) is 2.84. The third-order valence-electron chi connectivity index (χ3n) is 4.21. The van der Waals surface area contributed by atoms with Crippen LogP contribution in [0.5, 0.6) is 11.5 Å². The Morgan fingerprint density at radius 3 is 2.48 bits per heavy atom. The van der Waals surface area contributed by atoms with Crippen LogP contribution in [-0.2, 0) is 6.54 Å². The normalized spacial score (nSPS) is 10.4. The molecule has 0 bridgehead atoms. The summed E-state index contributed by atoms with van der Waals surface area (Å²) < 4.78 is 24.5. The first-order valence-electron chi connectivity index (χ1n) is 9.49. The van der Waals surface area contributed by atoms with Crippen molar-refractivity contribution in [3.8, 4) is 22.8 Å². The van der Waals surface area contributed by atoms with Gasteiger partial charge in [-0.15, -0.1) is 0 Å². The predicted octanol–water partition coefficient (Wildman–Crippen LogP) is 4.62. The second kappa shape index (κ2) is 9.68. The van der Waals surface area contributed by atoms with Crippen molar-refractivity contribution < 1.29 is 18.7 Å². The molecule has 1 aromatic heterocycles. The van der Waals surface area contributed by atoms with Crippen molar-refractivity contribution >= 4 is 5.91 Å². The number of carbonyl (C=O) groups is 1. The minimum absolute atomic E-state index is 0.241. The van der Waals surface area contributed by atoms with Crippen molar-refractivity contribution in [2.45, 2.75) is 20.4 Å². The van der Waals surface area contributed by atoms with Gasteiger partial charge >= 0.3 is 0 Å². The second-order valence-corrected chi connectivity index (χ2v) is 6.27. The number of nitrogens with zero attached hydrogens (tertiary/aromatic N) is 1. The van der Waals surface area contributed by atoms with Gasteiger partial charge in [0.05, 0.1) is 24.5 Å². The number of ether oxygens (including phenoxy) is 2. The van der Waals surface area contributed by atoms with E-state index in [9.17, 15) is 9.18 Å². The lowest BCUT2D eigenvalue weighted by molar-refractivity contribution is 0.0950.